The van der Waals surface area contributed by atoms with Crippen LogP contribution in [0.3, 0.4) is 0 Å². The van der Waals surface area contributed by atoms with Crippen molar-refractivity contribution in [1.82, 2.24) is 14.8 Å². The molecule has 0 bridgehead atoms. The largest absolute Gasteiger partial charge is 0.368 e. The van der Waals surface area contributed by atoms with E-state index < -0.39 is 29.8 Å². The quantitative estimate of drug-likeness (QED) is 0.476. The number of rotatable bonds is 9. The summed E-state index contributed by atoms with van der Waals surface area (Å²) in [5.41, 5.74) is 5.43. The predicted octanol–water partition coefficient (Wildman–Crippen LogP) is 0.139. The maximum Gasteiger partial charge on any atom is 0.255 e. The molecule has 180 valence electrons. The Morgan fingerprint density at radius 3 is 2.62 bits per heavy atom. The molecule has 4 rings (SSSR count). The number of benzene rings is 1. The van der Waals surface area contributed by atoms with Gasteiger partial charge >= 0.3 is 0 Å². The summed E-state index contributed by atoms with van der Waals surface area (Å²) in [4.78, 5) is 49.8. The van der Waals surface area contributed by atoms with Crippen LogP contribution in [0, 0.1) is 5.82 Å². The number of nitrogens with zero attached hydrogens (tertiary/aromatic N) is 2. The highest BCUT2D eigenvalue weighted by atomic mass is 19.1. The van der Waals surface area contributed by atoms with Gasteiger partial charge < -0.3 is 21.1 Å². The molecule has 2 atom stereocenters. The minimum atomic E-state index is -0.737. The number of likely N-dealkylation sites (tertiary alicyclic amines) is 1. The second-order valence-corrected chi connectivity index (χ2v) is 8.48. The Hall–Kier alpha value is -3.57. The van der Waals surface area contributed by atoms with E-state index in [0.717, 1.165) is 18.9 Å². The van der Waals surface area contributed by atoms with Crippen molar-refractivity contribution in [3.05, 3.63) is 58.8 Å². The van der Waals surface area contributed by atoms with Crippen LogP contribution in [0.1, 0.15) is 19.3 Å². The minimum Gasteiger partial charge on any atom is -0.368 e. The summed E-state index contributed by atoms with van der Waals surface area (Å²) in [5, 5.41) is 5.30. The Morgan fingerprint density at radius 2 is 1.94 bits per heavy atom. The molecule has 1 aliphatic carbocycles. The molecule has 0 radical (unpaired) electrons. The molecule has 1 saturated heterocycles. The number of nitrogens with two attached hydrogens (primary N) is 1. The van der Waals surface area contributed by atoms with Crippen molar-refractivity contribution in [3.63, 3.8) is 0 Å². The number of carbonyl (C=O) groups excluding carboxylic acids is 3. The van der Waals surface area contributed by atoms with Crippen LogP contribution in [0.25, 0.3) is 5.69 Å². The number of hydrogen-bond donors (Lipinski definition) is 3. The highest BCUT2D eigenvalue weighted by Crippen LogP contribution is 2.22. The standard InChI is InChI=1S/C23H26FN5O5/c24-17-9-15(29-8-2-1-3-22(29)32)6-7-18(17)27-20(30)12-28-11-16(10-19(28)23(25)33)34-13-21(31)26-14-4-5-14/h1-3,6-9,14,16,19H,4-5,10-13H2,(H2,25,33)(H,26,31)(H,27,30)/t16-,19?/m0/s1. The fourth-order valence-corrected chi connectivity index (χ4v) is 3.91. The lowest BCUT2D eigenvalue weighted by Crippen LogP contribution is -2.44. The van der Waals surface area contributed by atoms with Crippen LogP contribution in [0.4, 0.5) is 10.1 Å². The number of aromatic nitrogens is 1. The van der Waals surface area contributed by atoms with E-state index in [2.05, 4.69) is 10.6 Å². The molecule has 4 N–H and O–H groups in total. The second kappa shape index (κ2) is 10.1. The third kappa shape index (κ3) is 5.86. The summed E-state index contributed by atoms with van der Waals surface area (Å²) < 4.78 is 21.5. The molecular formula is C23H26FN5O5. The molecule has 0 spiro atoms. The molecule has 10 nitrogen and oxygen atoms in total. The number of nitrogens with one attached hydrogen (secondary N) is 2. The Morgan fingerprint density at radius 1 is 1.15 bits per heavy atom. The predicted molar refractivity (Wildman–Crippen MR) is 121 cm³/mol. The normalized spacial score (nSPS) is 20.1. The first-order valence-electron chi connectivity index (χ1n) is 11.0. The molecule has 1 aliphatic heterocycles. The van der Waals surface area contributed by atoms with Gasteiger partial charge in [0, 0.05) is 30.9 Å². The monoisotopic (exact) mass is 471 g/mol. The van der Waals surface area contributed by atoms with Gasteiger partial charge in [0.1, 0.15) is 12.4 Å². The molecule has 1 aromatic heterocycles. The van der Waals surface area contributed by atoms with E-state index in [9.17, 15) is 23.6 Å². The van der Waals surface area contributed by atoms with Crippen molar-refractivity contribution < 1.29 is 23.5 Å². The summed E-state index contributed by atoms with van der Waals surface area (Å²) >= 11 is 0. The number of amides is 3. The molecule has 2 fully saturated rings. The van der Waals surface area contributed by atoms with Gasteiger partial charge in [0.15, 0.2) is 0 Å². The highest BCUT2D eigenvalue weighted by Gasteiger charge is 2.37. The number of carbonyl (C=O) groups is 3. The van der Waals surface area contributed by atoms with Crippen molar-refractivity contribution in [2.45, 2.75) is 37.5 Å². The Balaban J connectivity index is 1.34. The minimum absolute atomic E-state index is 0.0582. The van der Waals surface area contributed by atoms with Gasteiger partial charge in [-0.3, -0.25) is 28.6 Å². The zero-order valence-corrected chi connectivity index (χ0v) is 18.4. The van der Waals surface area contributed by atoms with Crippen molar-refractivity contribution in [1.29, 1.82) is 0 Å². The number of halogens is 1. The maximum absolute atomic E-state index is 14.6. The van der Waals surface area contributed by atoms with Crippen LogP contribution in [-0.2, 0) is 19.1 Å². The van der Waals surface area contributed by atoms with Crippen LogP contribution in [0.2, 0.25) is 0 Å². The van der Waals surface area contributed by atoms with E-state index in [1.165, 1.54) is 29.0 Å². The second-order valence-electron chi connectivity index (χ2n) is 8.48. The van der Waals surface area contributed by atoms with Crippen LogP contribution in [-0.4, -0.2) is 65.1 Å². The van der Waals surface area contributed by atoms with Gasteiger partial charge in [0.25, 0.3) is 5.56 Å². The molecule has 2 aromatic rings. The van der Waals surface area contributed by atoms with Crippen molar-refractivity contribution in [2.75, 3.05) is 25.0 Å². The van der Waals surface area contributed by atoms with E-state index in [-0.39, 0.29) is 49.3 Å². The number of pyridine rings is 1. The van der Waals surface area contributed by atoms with Crippen molar-refractivity contribution in [2.24, 2.45) is 5.73 Å². The molecule has 1 aromatic carbocycles. The lowest BCUT2D eigenvalue weighted by molar-refractivity contribution is -0.127. The van der Waals surface area contributed by atoms with E-state index in [4.69, 9.17) is 10.5 Å². The van der Waals surface area contributed by atoms with Crippen LogP contribution < -0.4 is 21.9 Å². The number of primary amides is 1. The fourth-order valence-electron chi connectivity index (χ4n) is 3.91. The highest BCUT2D eigenvalue weighted by molar-refractivity contribution is 5.93. The fraction of sp³-hybridized carbons (Fsp3) is 0.391. The van der Waals surface area contributed by atoms with Crippen LogP contribution >= 0.6 is 0 Å². The van der Waals surface area contributed by atoms with Crippen LogP contribution in [0.15, 0.2) is 47.4 Å². The molecular weight excluding hydrogens is 445 g/mol. The third-order valence-electron chi connectivity index (χ3n) is 5.76. The summed E-state index contributed by atoms with van der Waals surface area (Å²) in [6.45, 7) is -0.105. The molecule has 2 aliphatic rings. The van der Waals surface area contributed by atoms with Gasteiger partial charge in [0.05, 0.1) is 30.1 Å². The topological polar surface area (TPSA) is 136 Å². The van der Waals surface area contributed by atoms with Gasteiger partial charge in [-0.05, 0) is 37.5 Å². The zero-order chi connectivity index (χ0) is 24.2. The van der Waals surface area contributed by atoms with Crippen LogP contribution in [0.5, 0.6) is 0 Å². The Labute approximate surface area is 194 Å². The van der Waals surface area contributed by atoms with Gasteiger partial charge in [-0.15, -0.1) is 0 Å². The lowest BCUT2D eigenvalue weighted by atomic mass is 10.2. The molecule has 1 unspecified atom stereocenters. The zero-order valence-electron chi connectivity index (χ0n) is 18.4. The molecule has 2 heterocycles. The first-order chi connectivity index (χ1) is 16.3. The third-order valence-corrected chi connectivity index (χ3v) is 5.76. The van der Waals surface area contributed by atoms with E-state index in [1.807, 2.05) is 0 Å². The molecule has 1 saturated carbocycles. The summed E-state index contributed by atoms with van der Waals surface area (Å²) in [6.07, 6.45) is 3.27. The van der Waals surface area contributed by atoms with Crippen molar-refractivity contribution >= 4 is 23.4 Å². The smallest absolute Gasteiger partial charge is 0.255 e. The average Bonchev–Trinajstić information content (AvgIpc) is 3.51. The van der Waals surface area contributed by atoms with E-state index in [1.54, 1.807) is 17.0 Å². The first-order valence-corrected chi connectivity index (χ1v) is 11.0. The average molecular weight is 471 g/mol. The Kier molecular flexibility index (Phi) is 7.03. The maximum atomic E-state index is 14.6. The number of ether oxygens (including phenoxy) is 1. The summed E-state index contributed by atoms with van der Waals surface area (Å²) in [5.74, 6) is -2.07. The number of hydrogen-bond acceptors (Lipinski definition) is 6. The Bertz CT molecular complexity index is 1150. The SMILES string of the molecule is NC(=O)C1C[C@H](OCC(=O)NC2CC2)CN1CC(=O)Nc1ccc(-n2ccccc2=O)cc1F. The molecule has 11 heteroatoms. The van der Waals surface area contributed by atoms with Gasteiger partial charge in [-0.25, -0.2) is 4.39 Å². The van der Waals surface area contributed by atoms with Gasteiger partial charge in [-0.1, -0.05) is 6.07 Å². The van der Waals surface area contributed by atoms with Crippen molar-refractivity contribution in [3.8, 4) is 5.69 Å². The van der Waals surface area contributed by atoms with Gasteiger partial charge in [0.2, 0.25) is 17.7 Å². The summed E-state index contributed by atoms with van der Waals surface area (Å²) in [7, 11) is 0. The summed E-state index contributed by atoms with van der Waals surface area (Å²) in [6, 6.07) is 8.10. The lowest BCUT2D eigenvalue weighted by Gasteiger charge is -2.21. The molecule has 3 amide bonds. The molecule has 34 heavy (non-hydrogen) atoms. The van der Waals surface area contributed by atoms with E-state index in [0.29, 0.717) is 5.69 Å². The van der Waals surface area contributed by atoms with E-state index >= 15 is 0 Å². The van der Waals surface area contributed by atoms with Gasteiger partial charge in [-0.2, -0.15) is 0 Å². The number of anilines is 1. The first kappa shape index (κ1) is 23.6.